The number of hydrogen-bond donors (Lipinski definition) is 3. The molecule has 2 aromatic carbocycles. The highest BCUT2D eigenvalue weighted by Crippen LogP contribution is 2.10. The minimum atomic E-state index is -0.556. The maximum Gasteiger partial charge on any atom is 0.260 e. The molecule has 6 nitrogen and oxygen atoms in total. The molecule has 3 rings (SSSR count). The van der Waals surface area contributed by atoms with E-state index in [-0.39, 0.29) is 17.4 Å². The summed E-state index contributed by atoms with van der Waals surface area (Å²) in [5.41, 5.74) is 1.05. The number of aromatic amines is 1. The third-order valence-corrected chi connectivity index (χ3v) is 3.40. The van der Waals surface area contributed by atoms with Gasteiger partial charge in [-0.3, -0.25) is 14.6 Å². The summed E-state index contributed by atoms with van der Waals surface area (Å²) >= 11 is 0. The highest BCUT2D eigenvalue weighted by atomic mass is 16.2. The molecule has 0 aliphatic carbocycles. The first-order valence-electron chi connectivity index (χ1n) is 7.25. The quantitative estimate of drug-likeness (QED) is 0.690. The number of aromatic nitrogens is 2. The minimum absolute atomic E-state index is 0.216. The summed E-state index contributed by atoms with van der Waals surface area (Å²) in [7, 11) is 0. The molecule has 3 N–H and O–H groups in total. The number of nitrogens with one attached hydrogen (secondary N) is 3. The van der Waals surface area contributed by atoms with Crippen LogP contribution in [-0.4, -0.2) is 21.9 Å². The summed E-state index contributed by atoms with van der Waals surface area (Å²) in [5.74, 6) is 0.0522. The lowest BCUT2D eigenvalue weighted by atomic mass is 10.2. The lowest BCUT2D eigenvalue weighted by Gasteiger charge is -2.14. The molecule has 1 aromatic heterocycles. The van der Waals surface area contributed by atoms with E-state index in [1.165, 1.54) is 0 Å². The predicted octanol–water partition coefficient (Wildman–Crippen LogP) is 2.36. The number of amides is 1. The number of para-hydroxylation sites is 2. The molecule has 0 saturated carbocycles. The van der Waals surface area contributed by atoms with E-state index in [9.17, 15) is 9.59 Å². The molecule has 0 aliphatic heterocycles. The molecular formula is C17H16N4O2. The smallest absolute Gasteiger partial charge is 0.260 e. The number of benzene rings is 2. The van der Waals surface area contributed by atoms with E-state index in [1.54, 1.807) is 37.3 Å². The van der Waals surface area contributed by atoms with Crippen molar-refractivity contribution in [2.24, 2.45) is 0 Å². The van der Waals surface area contributed by atoms with Crippen molar-refractivity contribution in [2.45, 2.75) is 13.0 Å². The number of anilines is 2. The summed E-state index contributed by atoms with van der Waals surface area (Å²) < 4.78 is 0. The molecule has 0 aliphatic rings. The van der Waals surface area contributed by atoms with Crippen molar-refractivity contribution in [3.63, 3.8) is 0 Å². The number of carbonyl (C=O) groups is 1. The molecule has 1 heterocycles. The van der Waals surface area contributed by atoms with E-state index in [1.807, 2.05) is 24.3 Å². The van der Waals surface area contributed by atoms with E-state index in [0.29, 0.717) is 16.6 Å². The van der Waals surface area contributed by atoms with Crippen LogP contribution in [0.4, 0.5) is 11.6 Å². The second-order valence-electron chi connectivity index (χ2n) is 5.15. The van der Waals surface area contributed by atoms with Gasteiger partial charge in [-0.25, -0.2) is 4.98 Å². The van der Waals surface area contributed by atoms with Gasteiger partial charge in [0.1, 0.15) is 6.04 Å². The summed E-state index contributed by atoms with van der Waals surface area (Å²) in [6, 6.07) is 15.7. The molecule has 1 amide bonds. The molecule has 0 bridgehead atoms. The van der Waals surface area contributed by atoms with Gasteiger partial charge in [-0.2, -0.15) is 0 Å². The number of H-pyrrole nitrogens is 1. The van der Waals surface area contributed by atoms with Gasteiger partial charge >= 0.3 is 0 Å². The second kappa shape index (κ2) is 6.31. The first-order valence-corrected chi connectivity index (χ1v) is 7.25. The van der Waals surface area contributed by atoms with Gasteiger partial charge < -0.3 is 10.6 Å². The first-order chi connectivity index (χ1) is 11.1. The fourth-order valence-electron chi connectivity index (χ4n) is 2.20. The summed E-state index contributed by atoms with van der Waals surface area (Å²) in [4.78, 5) is 31.1. The maximum atomic E-state index is 12.2. The molecule has 0 radical (unpaired) electrons. The Labute approximate surface area is 132 Å². The van der Waals surface area contributed by atoms with E-state index < -0.39 is 6.04 Å². The highest BCUT2D eigenvalue weighted by Gasteiger charge is 2.14. The zero-order valence-corrected chi connectivity index (χ0v) is 12.5. The summed E-state index contributed by atoms with van der Waals surface area (Å²) in [6.07, 6.45) is 0. The SMILES string of the molecule is CC(Nc1nc2ccccc2c(=O)[nH]1)C(=O)Nc1ccccc1. The van der Waals surface area contributed by atoms with Gasteiger partial charge in [0, 0.05) is 5.69 Å². The Balaban J connectivity index is 1.76. The van der Waals surface area contributed by atoms with Gasteiger partial charge in [0.15, 0.2) is 0 Å². The van der Waals surface area contributed by atoms with Gasteiger partial charge in [-0.05, 0) is 31.2 Å². The zero-order chi connectivity index (χ0) is 16.2. The standard InChI is InChI=1S/C17H16N4O2/c1-11(15(22)19-12-7-3-2-4-8-12)18-17-20-14-10-6-5-9-13(14)16(23)21-17/h2-11H,1H3,(H,19,22)(H2,18,20,21,23). The monoisotopic (exact) mass is 308 g/mol. The number of nitrogens with zero attached hydrogens (tertiary/aromatic N) is 1. The first kappa shape index (κ1) is 14.8. The van der Waals surface area contributed by atoms with Crippen LogP contribution in [0.15, 0.2) is 59.4 Å². The molecule has 23 heavy (non-hydrogen) atoms. The van der Waals surface area contributed by atoms with Crippen molar-refractivity contribution in [3.05, 3.63) is 65.0 Å². The average molecular weight is 308 g/mol. The Morgan fingerprint density at radius 3 is 2.57 bits per heavy atom. The van der Waals surface area contributed by atoms with Crippen molar-refractivity contribution in [1.82, 2.24) is 9.97 Å². The number of fused-ring (bicyclic) bond motifs is 1. The van der Waals surface area contributed by atoms with Crippen molar-refractivity contribution < 1.29 is 4.79 Å². The molecule has 0 saturated heterocycles. The van der Waals surface area contributed by atoms with E-state index in [0.717, 1.165) is 0 Å². The average Bonchev–Trinajstić information content (AvgIpc) is 2.56. The van der Waals surface area contributed by atoms with Crippen molar-refractivity contribution in [3.8, 4) is 0 Å². The summed E-state index contributed by atoms with van der Waals surface area (Å²) in [6.45, 7) is 1.70. The normalized spacial score (nSPS) is 11.9. The van der Waals surface area contributed by atoms with Gasteiger partial charge in [0.05, 0.1) is 10.9 Å². The molecule has 0 fully saturated rings. The Kier molecular flexibility index (Phi) is 4.05. The molecule has 116 valence electrons. The van der Waals surface area contributed by atoms with Gasteiger partial charge in [0.2, 0.25) is 11.9 Å². The van der Waals surface area contributed by atoms with Gasteiger partial charge in [-0.1, -0.05) is 30.3 Å². The van der Waals surface area contributed by atoms with Crippen molar-refractivity contribution >= 4 is 28.4 Å². The second-order valence-corrected chi connectivity index (χ2v) is 5.15. The fraction of sp³-hybridized carbons (Fsp3) is 0.118. The van der Waals surface area contributed by atoms with Gasteiger partial charge in [0.25, 0.3) is 5.56 Å². The number of hydrogen-bond acceptors (Lipinski definition) is 4. The summed E-state index contributed by atoms with van der Waals surface area (Å²) in [5, 5.41) is 6.22. The van der Waals surface area contributed by atoms with Crippen LogP contribution in [-0.2, 0) is 4.79 Å². The largest absolute Gasteiger partial charge is 0.344 e. The number of carbonyl (C=O) groups excluding carboxylic acids is 1. The van der Waals surface area contributed by atoms with Crippen LogP contribution in [0.1, 0.15) is 6.92 Å². The van der Waals surface area contributed by atoms with Crippen LogP contribution in [0.5, 0.6) is 0 Å². The Hall–Kier alpha value is -3.15. The Morgan fingerprint density at radius 2 is 1.78 bits per heavy atom. The molecule has 1 atom stereocenters. The van der Waals surface area contributed by atoms with Crippen LogP contribution in [0.25, 0.3) is 10.9 Å². The zero-order valence-electron chi connectivity index (χ0n) is 12.5. The third-order valence-electron chi connectivity index (χ3n) is 3.40. The van der Waals surface area contributed by atoms with Crippen molar-refractivity contribution in [2.75, 3.05) is 10.6 Å². The van der Waals surface area contributed by atoms with Gasteiger partial charge in [-0.15, -0.1) is 0 Å². The van der Waals surface area contributed by atoms with E-state index >= 15 is 0 Å². The lowest BCUT2D eigenvalue weighted by Crippen LogP contribution is -2.33. The van der Waals surface area contributed by atoms with Crippen LogP contribution in [0.2, 0.25) is 0 Å². The minimum Gasteiger partial charge on any atom is -0.344 e. The predicted molar refractivity (Wildman–Crippen MR) is 90.5 cm³/mol. The maximum absolute atomic E-state index is 12.2. The number of rotatable bonds is 4. The molecular weight excluding hydrogens is 292 g/mol. The van der Waals surface area contributed by atoms with Crippen molar-refractivity contribution in [1.29, 1.82) is 0 Å². The third kappa shape index (κ3) is 3.37. The van der Waals surface area contributed by atoms with Crippen LogP contribution in [0, 0.1) is 0 Å². The topological polar surface area (TPSA) is 86.9 Å². The molecule has 0 spiro atoms. The lowest BCUT2D eigenvalue weighted by molar-refractivity contribution is -0.116. The van der Waals surface area contributed by atoms with E-state index in [2.05, 4.69) is 20.6 Å². The molecule has 3 aromatic rings. The van der Waals surface area contributed by atoms with Crippen LogP contribution < -0.4 is 16.2 Å². The van der Waals surface area contributed by atoms with Crippen LogP contribution in [0.3, 0.4) is 0 Å². The van der Waals surface area contributed by atoms with Crippen LogP contribution >= 0.6 is 0 Å². The van der Waals surface area contributed by atoms with E-state index in [4.69, 9.17) is 0 Å². The highest BCUT2D eigenvalue weighted by molar-refractivity contribution is 5.96. The molecule has 1 unspecified atom stereocenters. The Morgan fingerprint density at radius 1 is 1.09 bits per heavy atom. The molecule has 6 heteroatoms. The Bertz CT molecular complexity index is 890. The fourth-order valence-corrected chi connectivity index (χ4v) is 2.20.